The van der Waals surface area contributed by atoms with Crippen LogP contribution in [0, 0.1) is 6.92 Å². The molecule has 0 atom stereocenters. The summed E-state index contributed by atoms with van der Waals surface area (Å²) in [5.74, 6) is 0. The molecule has 152 valence electrons. The van der Waals surface area contributed by atoms with Crippen molar-refractivity contribution in [3.63, 3.8) is 0 Å². The van der Waals surface area contributed by atoms with E-state index in [1.807, 2.05) is 48.7 Å². The fourth-order valence-corrected chi connectivity index (χ4v) is 4.19. The number of fused-ring (bicyclic) bond motifs is 1. The second-order valence-corrected chi connectivity index (χ2v) is 8.28. The summed E-state index contributed by atoms with van der Waals surface area (Å²) < 4.78 is 3.33. The SMILES string of the molecule is Cc1nn2c(=O)c(=Cc3cn(-c4ccccc4)nc3-c3ccc(Cl)cc3)sc2nc1=O. The summed E-state index contributed by atoms with van der Waals surface area (Å²) in [5, 5.41) is 9.43. The number of nitrogens with zero attached hydrogens (tertiary/aromatic N) is 5. The number of halogens is 1. The molecule has 0 spiro atoms. The van der Waals surface area contributed by atoms with Crippen LogP contribution in [0.1, 0.15) is 11.3 Å². The van der Waals surface area contributed by atoms with Crippen molar-refractivity contribution in [3.05, 3.63) is 102 Å². The minimum Gasteiger partial charge on any atom is -0.266 e. The van der Waals surface area contributed by atoms with E-state index in [4.69, 9.17) is 16.7 Å². The van der Waals surface area contributed by atoms with Crippen molar-refractivity contribution in [2.24, 2.45) is 0 Å². The first-order valence-corrected chi connectivity index (χ1v) is 10.5. The highest BCUT2D eigenvalue weighted by Gasteiger charge is 2.13. The van der Waals surface area contributed by atoms with Crippen molar-refractivity contribution in [1.29, 1.82) is 0 Å². The predicted octanol–water partition coefficient (Wildman–Crippen LogP) is 2.87. The Labute approximate surface area is 184 Å². The van der Waals surface area contributed by atoms with Crippen LogP contribution in [0.3, 0.4) is 0 Å². The summed E-state index contributed by atoms with van der Waals surface area (Å²) in [7, 11) is 0. The van der Waals surface area contributed by atoms with Gasteiger partial charge in [-0.3, -0.25) is 9.59 Å². The zero-order valence-corrected chi connectivity index (χ0v) is 17.8. The summed E-state index contributed by atoms with van der Waals surface area (Å²) in [5.41, 5.74) is 2.61. The fourth-order valence-electron chi connectivity index (χ4n) is 3.17. The summed E-state index contributed by atoms with van der Waals surface area (Å²) in [6.45, 7) is 1.53. The monoisotopic (exact) mass is 447 g/mol. The molecule has 31 heavy (non-hydrogen) atoms. The zero-order chi connectivity index (χ0) is 21.5. The maximum atomic E-state index is 12.9. The van der Waals surface area contributed by atoms with Crippen LogP contribution >= 0.6 is 22.9 Å². The van der Waals surface area contributed by atoms with Crippen molar-refractivity contribution in [3.8, 4) is 16.9 Å². The topological polar surface area (TPSA) is 82.2 Å². The fraction of sp³-hybridized carbons (Fsp3) is 0.0455. The first kappa shape index (κ1) is 19.3. The quantitative estimate of drug-likeness (QED) is 0.424. The van der Waals surface area contributed by atoms with Gasteiger partial charge in [-0.25, -0.2) is 4.68 Å². The Kier molecular flexibility index (Phi) is 4.72. The van der Waals surface area contributed by atoms with Gasteiger partial charge in [-0.05, 0) is 37.3 Å². The summed E-state index contributed by atoms with van der Waals surface area (Å²) in [6.07, 6.45) is 3.61. The van der Waals surface area contributed by atoms with E-state index in [1.54, 1.807) is 22.9 Å². The van der Waals surface area contributed by atoms with Gasteiger partial charge in [0.25, 0.3) is 11.1 Å². The van der Waals surface area contributed by atoms with Crippen LogP contribution in [-0.4, -0.2) is 24.4 Å². The van der Waals surface area contributed by atoms with Crippen LogP contribution < -0.4 is 15.7 Å². The number of aromatic nitrogens is 5. The van der Waals surface area contributed by atoms with E-state index in [1.165, 1.54) is 6.92 Å². The average Bonchev–Trinajstić information content (AvgIpc) is 3.32. The lowest BCUT2D eigenvalue weighted by Gasteiger charge is -2.00. The highest BCUT2D eigenvalue weighted by molar-refractivity contribution is 7.15. The third-order valence-corrected chi connectivity index (χ3v) is 5.92. The Bertz CT molecular complexity index is 1590. The van der Waals surface area contributed by atoms with Gasteiger partial charge in [0, 0.05) is 22.3 Å². The van der Waals surface area contributed by atoms with Gasteiger partial charge >= 0.3 is 0 Å². The van der Waals surface area contributed by atoms with Crippen LogP contribution in [0.15, 0.2) is 70.4 Å². The molecule has 7 nitrogen and oxygen atoms in total. The Hall–Kier alpha value is -3.62. The van der Waals surface area contributed by atoms with E-state index in [9.17, 15) is 9.59 Å². The predicted molar refractivity (Wildman–Crippen MR) is 121 cm³/mol. The molecule has 0 aliphatic carbocycles. The molecule has 3 aromatic heterocycles. The maximum absolute atomic E-state index is 12.9. The first-order valence-electron chi connectivity index (χ1n) is 9.33. The highest BCUT2D eigenvalue weighted by atomic mass is 35.5. The first-order chi connectivity index (χ1) is 15.0. The van der Waals surface area contributed by atoms with Crippen molar-refractivity contribution < 1.29 is 0 Å². The molecule has 0 unspecified atom stereocenters. The normalized spacial score (nSPS) is 12.0. The smallest absolute Gasteiger partial charge is 0.266 e. The lowest BCUT2D eigenvalue weighted by Crippen LogP contribution is -2.27. The van der Waals surface area contributed by atoms with Gasteiger partial charge in [0.2, 0.25) is 4.96 Å². The Morgan fingerprint density at radius 3 is 2.48 bits per heavy atom. The number of thiazole rings is 1. The van der Waals surface area contributed by atoms with Gasteiger partial charge in [0.15, 0.2) is 0 Å². The number of hydrogen-bond acceptors (Lipinski definition) is 6. The van der Waals surface area contributed by atoms with E-state index in [0.717, 1.165) is 32.7 Å². The molecular formula is C22H14ClN5O2S. The number of hydrogen-bond donors (Lipinski definition) is 0. The van der Waals surface area contributed by atoms with Gasteiger partial charge in [-0.1, -0.05) is 53.3 Å². The molecule has 0 bridgehead atoms. The summed E-state index contributed by atoms with van der Waals surface area (Å²) in [6, 6.07) is 17.0. The summed E-state index contributed by atoms with van der Waals surface area (Å²) >= 11 is 7.16. The van der Waals surface area contributed by atoms with E-state index in [0.29, 0.717) is 15.2 Å². The number of para-hydroxylation sites is 1. The molecule has 3 heterocycles. The van der Waals surface area contributed by atoms with Crippen LogP contribution in [0.4, 0.5) is 0 Å². The van der Waals surface area contributed by atoms with Crippen LogP contribution in [-0.2, 0) is 0 Å². The number of aryl methyl sites for hydroxylation is 1. The van der Waals surface area contributed by atoms with E-state index >= 15 is 0 Å². The van der Waals surface area contributed by atoms with Gasteiger partial charge < -0.3 is 0 Å². The molecule has 0 N–H and O–H groups in total. The molecule has 0 aliphatic heterocycles. The van der Waals surface area contributed by atoms with Crippen molar-refractivity contribution >= 4 is 34.0 Å². The second kappa shape index (κ2) is 7.57. The third kappa shape index (κ3) is 3.56. The molecule has 0 radical (unpaired) electrons. The lowest BCUT2D eigenvalue weighted by molar-refractivity contribution is 0.833. The molecular weight excluding hydrogens is 434 g/mol. The standard InChI is InChI=1S/C22H14ClN5O2S/c1-13-20(29)24-22-28(25-13)21(30)18(31-22)11-15-12-27(17-5-3-2-4-6-17)26-19(15)14-7-9-16(23)10-8-14/h2-12H,1H3. The van der Waals surface area contributed by atoms with Crippen LogP contribution in [0.5, 0.6) is 0 Å². The lowest BCUT2D eigenvalue weighted by atomic mass is 10.1. The average molecular weight is 448 g/mol. The molecule has 9 heteroatoms. The molecule has 0 aliphatic rings. The number of benzene rings is 2. The van der Waals surface area contributed by atoms with E-state index in [2.05, 4.69) is 10.1 Å². The molecule has 5 aromatic rings. The van der Waals surface area contributed by atoms with Crippen molar-refractivity contribution in [2.45, 2.75) is 6.92 Å². The van der Waals surface area contributed by atoms with Crippen LogP contribution in [0.25, 0.3) is 28.0 Å². The molecule has 0 amide bonds. The highest BCUT2D eigenvalue weighted by Crippen LogP contribution is 2.25. The Morgan fingerprint density at radius 2 is 1.74 bits per heavy atom. The number of rotatable bonds is 3. The van der Waals surface area contributed by atoms with Gasteiger partial charge in [0.05, 0.1) is 10.2 Å². The minimum atomic E-state index is -0.438. The second-order valence-electron chi connectivity index (χ2n) is 6.83. The van der Waals surface area contributed by atoms with E-state index in [-0.39, 0.29) is 16.2 Å². The molecule has 0 saturated heterocycles. The molecule has 0 saturated carbocycles. The molecule has 2 aromatic carbocycles. The maximum Gasteiger partial charge on any atom is 0.295 e. The van der Waals surface area contributed by atoms with Gasteiger partial charge in [-0.15, -0.1) is 0 Å². The van der Waals surface area contributed by atoms with Gasteiger partial charge in [0.1, 0.15) is 11.4 Å². The largest absolute Gasteiger partial charge is 0.295 e. The van der Waals surface area contributed by atoms with Crippen molar-refractivity contribution in [2.75, 3.05) is 0 Å². The van der Waals surface area contributed by atoms with Crippen molar-refractivity contribution in [1.82, 2.24) is 24.4 Å². The van der Waals surface area contributed by atoms with Gasteiger partial charge in [-0.2, -0.15) is 19.7 Å². The third-order valence-electron chi connectivity index (χ3n) is 4.71. The zero-order valence-electron chi connectivity index (χ0n) is 16.2. The molecule has 5 rings (SSSR count). The van der Waals surface area contributed by atoms with Crippen LogP contribution in [0.2, 0.25) is 5.02 Å². The molecule has 0 fully saturated rings. The Morgan fingerprint density at radius 1 is 1.00 bits per heavy atom. The summed E-state index contributed by atoms with van der Waals surface area (Å²) in [4.78, 5) is 28.9. The Balaban J connectivity index is 1.75. The van der Waals surface area contributed by atoms with E-state index < -0.39 is 5.56 Å². The minimum absolute atomic E-state index is 0.178.